The third kappa shape index (κ3) is 21.6. The molecule has 11 rings (SSSR count). The van der Waals surface area contributed by atoms with Crippen molar-refractivity contribution in [2.24, 2.45) is 0 Å². The number of carbonyl (C=O) groups is 5. The van der Waals surface area contributed by atoms with Crippen molar-refractivity contribution in [2.75, 3.05) is 33.0 Å². The van der Waals surface area contributed by atoms with E-state index in [4.69, 9.17) is 74.1 Å². The highest BCUT2D eigenvalue weighted by Gasteiger charge is 2.49. The van der Waals surface area contributed by atoms with Gasteiger partial charge in [-0.15, -0.1) is 11.6 Å². The molecule has 0 saturated carbocycles. The number of carbonyl (C=O) groups excluding carboxylic acids is 5. The molecule has 5 amide bonds. The highest BCUT2D eigenvalue weighted by molar-refractivity contribution is 6.17. The molecule has 3 aromatic carbocycles. The van der Waals surface area contributed by atoms with E-state index in [0.717, 1.165) is 16.5 Å². The molecule has 0 radical (unpaired) electrons. The summed E-state index contributed by atoms with van der Waals surface area (Å²) in [4.78, 5) is 60.1. The Morgan fingerprint density at radius 2 is 0.790 bits per heavy atom. The molecule has 5 saturated heterocycles. The van der Waals surface area contributed by atoms with E-state index in [1.54, 1.807) is 86.6 Å². The first kappa shape index (κ1) is 84.7. The summed E-state index contributed by atoms with van der Waals surface area (Å²) < 4.78 is 40.5. The van der Waals surface area contributed by atoms with Gasteiger partial charge in [0.1, 0.15) is 133 Å². The molecule has 5 aliphatic heterocycles. The van der Waals surface area contributed by atoms with Crippen molar-refractivity contribution in [2.45, 2.75) is 180 Å². The van der Waals surface area contributed by atoms with Gasteiger partial charge in [0.25, 0.3) is 29.5 Å². The van der Waals surface area contributed by atoms with Gasteiger partial charge in [0.2, 0.25) is 0 Å². The predicted octanol–water partition coefficient (Wildman–Crippen LogP) is -6.56. The fourth-order valence-electron chi connectivity index (χ4n) is 11.2. The number of fused-ring (bicyclic) bond motifs is 1. The number of nitrogens with one attached hydrogen (secondary N) is 5. The molecular weight excluding hydrogens is 1420 g/mol. The summed E-state index contributed by atoms with van der Waals surface area (Å²) in [5.74, 6) is -1.90. The summed E-state index contributed by atoms with van der Waals surface area (Å²) in [6.07, 6.45) is -23.4. The summed E-state index contributed by atoms with van der Waals surface area (Å²) in [6, 6.07) is 20.7. The average Bonchev–Trinajstić information content (AvgIpc) is 1.78. The first-order chi connectivity index (χ1) is 49.9. The lowest BCUT2D eigenvalue weighted by Gasteiger charge is -2.41. The van der Waals surface area contributed by atoms with Crippen molar-refractivity contribution >= 4 is 52.1 Å². The maximum absolute atomic E-state index is 12.2. The van der Waals surface area contributed by atoms with Crippen LogP contribution in [0.4, 0.5) is 0 Å². The fourth-order valence-corrected chi connectivity index (χ4v) is 11.4. The molecule has 8 heterocycles. The zero-order chi connectivity index (χ0) is 77.3. The predicted molar refractivity (Wildman–Crippen MR) is 355 cm³/mol. The Morgan fingerprint density at radius 3 is 1.19 bits per heavy atom. The van der Waals surface area contributed by atoms with Crippen LogP contribution in [0.25, 0.3) is 11.0 Å². The number of ether oxygens (including phenoxy) is 5. The van der Waals surface area contributed by atoms with Gasteiger partial charge in [0.15, 0.2) is 36.7 Å². The summed E-state index contributed by atoms with van der Waals surface area (Å²) in [5, 5.41) is 195. The lowest BCUT2D eigenvalue weighted by molar-refractivity contribution is -0.252. The molecule has 105 heavy (non-hydrogen) atoms. The number of para-hydroxylation sites is 1. The van der Waals surface area contributed by atoms with Crippen LogP contribution in [-0.2, 0) is 29.6 Å². The molecule has 37 nitrogen and oxygen atoms in total. The number of halogens is 1. The minimum atomic E-state index is -1.57. The highest BCUT2D eigenvalue weighted by atomic mass is 35.5. The van der Waals surface area contributed by atoms with Crippen molar-refractivity contribution in [1.82, 2.24) is 26.6 Å². The van der Waals surface area contributed by atoms with E-state index in [2.05, 4.69) is 26.6 Å². The Kier molecular flexibility index (Phi) is 31.7. The summed E-state index contributed by atoms with van der Waals surface area (Å²) in [5.41, 5.74) is 3.27. The van der Waals surface area contributed by atoms with Gasteiger partial charge in [0, 0.05) is 22.4 Å². The van der Waals surface area contributed by atoms with Crippen LogP contribution in [0.3, 0.4) is 0 Å². The average molecular weight is 1510 g/mol. The molecule has 25 atom stereocenters. The van der Waals surface area contributed by atoms with Gasteiger partial charge >= 0.3 is 0 Å². The van der Waals surface area contributed by atoms with Crippen molar-refractivity contribution < 1.29 is 158 Å². The molecule has 0 aliphatic carbocycles. The van der Waals surface area contributed by atoms with Crippen molar-refractivity contribution in [1.29, 1.82) is 0 Å². The smallest absolute Gasteiger partial charge is 0.287 e. The Morgan fingerprint density at radius 1 is 0.390 bits per heavy atom. The van der Waals surface area contributed by atoms with Gasteiger partial charge in [-0.3, -0.25) is 24.0 Å². The molecular formula is C67H88ClN5O32. The van der Waals surface area contributed by atoms with Gasteiger partial charge in [-0.05, 0) is 80.9 Å². The van der Waals surface area contributed by atoms with E-state index < -0.39 is 216 Å². The van der Waals surface area contributed by atoms with Crippen molar-refractivity contribution in [3.8, 4) is 0 Å². The number of aliphatic hydroxyl groups is 19. The zero-order valence-electron chi connectivity index (χ0n) is 56.3. The number of alkyl halides is 1. The van der Waals surface area contributed by atoms with Gasteiger partial charge < -0.3 is 161 Å². The second-order valence-corrected chi connectivity index (χ2v) is 25.0. The normalized spacial score (nSPS) is 32.8. The number of rotatable bonds is 16. The van der Waals surface area contributed by atoms with E-state index >= 15 is 0 Å². The minimum absolute atomic E-state index is 0.00405. The molecule has 3 aromatic heterocycles. The van der Waals surface area contributed by atoms with Gasteiger partial charge in [-0.2, -0.15) is 0 Å². The third-order valence-electron chi connectivity index (χ3n) is 17.3. The molecule has 580 valence electrons. The summed E-state index contributed by atoms with van der Waals surface area (Å²) >= 11 is 5.66. The Bertz CT molecular complexity index is 3670. The van der Waals surface area contributed by atoms with Crippen LogP contribution in [-0.4, -0.2) is 313 Å². The minimum Gasteiger partial charge on any atom is -0.472 e. The second kappa shape index (κ2) is 39.3. The van der Waals surface area contributed by atoms with E-state index in [-0.39, 0.29) is 11.5 Å². The van der Waals surface area contributed by atoms with Crippen LogP contribution >= 0.6 is 11.6 Å². The van der Waals surface area contributed by atoms with E-state index in [0.29, 0.717) is 33.9 Å². The monoisotopic (exact) mass is 1510 g/mol. The lowest BCUT2D eigenvalue weighted by Crippen LogP contribution is -2.64. The standard InChI is InChI=1S/C15H17NO7.C14H18ClNO6.C14H19NO6.C12H17NO7.C12H17NO6/c17-6-10-12(18)13(19)11(15(21)23-10)16-14(20)9-5-7-3-1-2-4-8(7)22-9;15-5-7-1-3-8(4-2-7)13(20)16-10-12(19)11(18)9(6-17)22-14(10)21;1-7-3-2-4-8(5-7)13(19)15-10-12(18)11(17)9(6-16)21-14(10)20;1-5-2-3-6(19-5)11(17)13-8-10(16)9(15)7(4-14)20-12(8)18;1-6-9(11(16)10(15)8(4-14)19-6)13-12(17)7-2-3-18-5-7/h1-5,10-13,15,17-19,21H,6H2,(H,16,20);1-4,9-12,14,17-19,21H,5-6H2,(H,16,20);2-5,9-12,14,16-18,20H,6H2,1H3,(H,15,19);2-3,7-10,12,14-16,18H,4H2,1H3,(H,13,17);2-3,5-6,8-11,14-16H,4H2,1H3,(H,13,17). The zero-order valence-corrected chi connectivity index (χ0v) is 57.0. The van der Waals surface area contributed by atoms with Crippen LogP contribution in [0.2, 0.25) is 0 Å². The maximum Gasteiger partial charge on any atom is 0.287 e. The number of benzene rings is 3. The topological polar surface area (TPSA) is 615 Å². The summed E-state index contributed by atoms with van der Waals surface area (Å²) in [6.45, 7) is 2.51. The largest absolute Gasteiger partial charge is 0.472 e. The number of amides is 5. The van der Waals surface area contributed by atoms with E-state index in [1.807, 2.05) is 13.0 Å². The first-order valence-corrected chi connectivity index (χ1v) is 33.1. The van der Waals surface area contributed by atoms with Crippen LogP contribution in [0.1, 0.15) is 76.0 Å². The van der Waals surface area contributed by atoms with Crippen LogP contribution in [0, 0.1) is 13.8 Å². The molecule has 0 bridgehead atoms. The van der Waals surface area contributed by atoms with Gasteiger partial charge in [-0.25, -0.2) is 0 Å². The second-order valence-electron chi connectivity index (χ2n) is 24.7. The molecule has 5 aliphatic rings. The van der Waals surface area contributed by atoms with Gasteiger partial charge in [0.05, 0.1) is 57.0 Å². The number of hydrogen-bond acceptors (Lipinski definition) is 32. The summed E-state index contributed by atoms with van der Waals surface area (Å²) in [7, 11) is 0. The first-order valence-electron chi connectivity index (χ1n) is 32.6. The van der Waals surface area contributed by atoms with Crippen LogP contribution in [0.15, 0.2) is 123 Å². The molecule has 25 unspecified atom stereocenters. The van der Waals surface area contributed by atoms with Crippen molar-refractivity contribution in [3.63, 3.8) is 0 Å². The maximum atomic E-state index is 12.2. The molecule has 38 heteroatoms. The van der Waals surface area contributed by atoms with Crippen LogP contribution in [0.5, 0.6) is 0 Å². The van der Waals surface area contributed by atoms with E-state index in [9.17, 15) is 95.5 Å². The van der Waals surface area contributed by atoms with Crippen LogP contribution < -0.4 is 26.6 Å². The highest BCUT2D eigenvalue weighted by Crippen LogP contribution is 2.27. The fraction of sp³-hybridized carbons (Fsp3) is 0.507. The Hall–Kier alpha value is -7.56. The van der Waals surface area contributed by atoms with Gasteiger partial charge in [-0.1, -0.05) is 48.0 Å². The molecule has 5 fully saturated rings. The molecule has 0 spiro atoms. The lowest BCUT2D eigenvalue weighted by atomic mass is 9.93. The van der Waals surface area contributed by atoms with Crippen molar-refractivity contribution in [3.05, 3.63) is 155 Å². The number of hydrogen-bond donors (Lipinski definition) is 24. The molecule has 24 N–H and O–H groups in total. The Balaban J connectivity index is 0.000000184. The van der Waals surface area contributed by atoms with E-state index in [1.165, 1.54) is 30.7 Å². The quantitative estimate of drug-likeness (QED) is 0.0401. The number of aryl methyl sites for hydroxylation is 2. The third-order valence-corrected chi connectivity index (χ3v) is 17.6. The number of aliphatic hydroxyl groups excluding tert-OH is 19. The number of furan rings is 3. The molecule has 6 aromatic rings. The SMILES string of the molecule is CC1OC(CO)C(O)C(O)C1NC(=O)c1ccoc1.Cc1ccc(C(=O)NC2C(O)OC(CO)C(O)C2O)o1.Cc1cccc(C(=O)NC2C(O)OC(CO)C(O)C2O)c1.O=C(NC1C(O)OC(CO)C(O)C1O)c1cc2ccccc2o1.O=C(NC1C(O)OC(CO)C(O)C1O)c1ccc(CCl)cc1. The Labute approximate surface area is 601 Å².